The number of carbonyl (C=O) groups is 3. The summed E-state index contributed by atoms with van der Waals surface area (Å²) in [6, 6.07) is 29.8. The highest BCUT2D eigenvalue weighted by Crippen LogP contribution is 2.47. The van der Waals surface area contributed by atoms with E-state index in [2.05, 4.69) is 37.4 Å². The summed E-state index contributed by atoms with van der Waals surface area (Å²) in [6.45, 7) is 0.185. The van der Waals surface area contributed by atoms with Gasteiger partial charge in [-0.05, 0) is 40.5 Å². The van der Waals surface area contributed by atoms with Crippen LogP contribution in [0.3, 0.4) is 0 Å². The number of amides is 1. The third kappa shape index (κ3) is 6.64. The molecule has 1 fully saturated rings. The first kappa shape index (κ1) is 31.5. The predicted octanol–water partition coefficient (Wildman–Crippen LogP) is 5.27. The van der Waals surface area contributed by atoms with Crippen molar-refractivity contribution >= 4 is 29.6 Å². The quantitative estimate of drug-likeness (QED) is 0.102. The lowest BCUT2D eigenvalue weighted by Gasteiger charge is -2.43. The lowest BCUT2D eigenvalue weighted by molar-refractivity contribution is -0.255. The van der Waals surface area contributed by atoms with Crippen molar-refractivity contribution in [3.05, 3.63) is 148 Å². The van der Waals surface area contributed by atoms with Crippen LogP contribution in [0.4, 0.5) is 0 Å². The van der Waals surface area contributed by atoms with Crippen LogP contribution < -0.4 is 5.32 Å². The molecule has 0 spiro atoms. The molecule has 48 heavy (non-hydrogen) atoms. The minimum absolute atomic E-state index is 0.0497. The minimum atomic E-state index is -0.759. The van der Waals surface area contributed by atoms with E-state index in [9.17, 15) is 19.5 Å². The Kier molecular flexibility index (Phi) is 9.12. The SMILES string of the molecule is O=C(NCc1ccc(C2OC(CSc3ncn[nH]3)C(c3ccccc3)C(c3ccc(CO)cc3)O2)cc1)c1ccc2c(c1)C(=O)OC2=O. The minimum Gasteiger partial charge on any atom is -0.392 e. The van der Waals surface area contributed by atoms with Crippen LogP contribution in [0, 0.1) is 0 Å². The molecule has 0 aliphatic carbocycles. The summed E-state index contributed by atoms with van der Waals surface area (Å²) in [5, 5.41) is 20.1. The number of nitrogens with zero attached hydrogens (tertiary/aromatic N) is 2. The molecule has 4 aromatic carbocycles. The maximum atomic E-state index is 12.8. The van der Waals surface area contributed by atoms with Gasteiger partial charge in [0, 0.05) is 29.3 Å². The summed E-state index contributed by atoms with van der Waals surface area (Å²) >= 11 is 1.52. The van der Waals surface area contributed by atoms with Crippen molar-refractivity contribution < 1.29 is 33.7 Å². The van der Waals surface area contributed by atoms with E-state index in [-0.39, 0.29) is 53.9 Å². The first-order valence-corrected chi connectivity index (χ1v) is 16.3. The van der Waals surface area contributed by atoms with E-state index in [1.54, 1.807) is 0 Å². The molecular formula is C36H30N4O7S. The molecule has 4 atom stereocenters. The van der Waals surface area contributed by atoms with Crippen molar-refractivity contribution in [2.75, 3.05) is 5.75 Å². The second kappa shape index (κ2) is 13.9. The molecule has 0 radical (unpaired) electrons. The Hall–Kier alpha value is -5.14. The fourth-order valence-electron chi connectivity index (χ4n) is 5.88. The number of cyclic esters (lactones) is 2. The van der Waals surface area contributed by atoms with E-state index in [0.29, 0.717) is 10.9 Å². The molecule has 12 heteroatoms. The van der Waals surface area contributed by atoms with Crippen LogP contribution in [0.15, 0.2) is 109 Å². The number of aliphatic hydroxyl groups excluding tert-OH is 1. The van der Waals surface area contributed by atoms with Crippen molar-refractivity contribution in [3.63, 3.8) is 0 Å². The van der Waals surface area contributed by atoms with Crippen LogP contribution in [0.2, 0.25) is 0 Å². The molecule has 5 aromatic rings. The largest absolute Gasteiger partial charge is 0.392 e. The first-order chi connectivity index (χ1) is 23.5. The van der Waals surface area contributed by atoms with E-state index in [1.165, 1.54) is 36.3 Å². The van der Waals surface area contributed by atoms with Gasteiger partial charge in [0.2, 0.25) is 0 Å². The number of ether oxygens (including phenoxy) is 3. The second-order valence-corrected chi connectivity index (χ2v) is 12.4. The zero-order valence-electron chi connectivity index (χ0n) is 25.4. The van der Waals surface area contributed by atoms with Crippen LogP contribution in [0.1, 0.15) is 77.2 Å². The third-order valence-electron chi connectivity index (χ3n) is 8.36. The Bertz CT molecular complexity index is 1920. The molecular weight excluding hydrogens is 632 g/mol. The number of fused-ring (bicyclic) bond motifs is 1. The van der Waals surface area contributed by atoms with E-state index >= 15 is 0 Å². The van der Waals surface area contributed by atoms with E-state index in [4.69, 9.17) is 9.47 Å². The molecule has 2 aliphatic heterocycles. The Labute approximate surface area is 279 Å². The summed E-state index contributed by atoms with van der Waals surface area (Å²) in [6.07, 6.45) is 0.148. The van der Waals surface area contributed by atoms with Crippen LogP contribution in [0.5, 0.6) is 0 Å². The number of aromatic amines is 1. The molecule has 0 bridgehead atoms. The Morgan fingerprint density at radius 1 is 0.833 bits per heavy atom. The Morgan fingerprint density at radius 2 is 1.56 bits per heavy atom. The van der Waals surface area contributed by atoms with Gasteiger partial charge in [-0.2, -0.15) is 5.10 Å². The fourth-order valence-corrected chi connectivity index (χ4v) is 6.73. The predicted molar refractivity (Wildman–Crippen MR) is 174 cm³/mol. The average Bonchev–Trinajstić information content (AvgIpc) is 3.76. The van der Waals surface area contributed by atoms with E-state index in [0.717, 1.165) is 27.8 Å². The lowest BCUT2D eigenvalue weighted by Crippen LogP contribution is -2.38. The summed E-state index contributed by atoms with van der Waals surface area (Å²) in [5.74, 6) is -1.42. The van der Waals surface area contributed by atoms with Gasteiger partial charge in [-0.15, -0.1) is 0 Å². The fraction of sp³-hybridized carbons (Fsp3) is 0.194. The number of hydrogen-bond acceptors (Lipinski definition) is 10. The van der Waals surface area contributed by atoms with Gasteiger partial charge in [-0.25, -0.2) is 14.6 Å². The Balaban J connectivity index is 1.11. The van der Waals surface area contributed by atoms with Crippen molar-refractivity contribution in [1.82, 2.24) is 20.5 Å². The normalized spacial score (nSPS) is 20.3. The third-order valence-corrected chi connectivity index (χ3v) is 9.33. The molecule has 4 unspecified atom stereocenters. The number of H-pyrrole nitrogens is 1. The molecule has 1 aromatic heterocycles. The number of nitrogens with one attached hydrogen (secondary N) is 2. The van der Waals surface area contributed by atoms with Crippen molar-refractivity contribution in [2.24, 2.45) is 0 Å². The highest BCUT2D eigenvalue weighted by atomic mass is 32.2. The standard InChI is InChI=1S/C36H30N4O7S/c41-18-22-8-10-24(11-9-22)31-30(23-4-2-1-3-5-23)29(19-48-36-38-20-39-40-36)45-35(46-31)25-12-6-21(7-13-25)17-37-32(42)26-14-15-27-28(16-26)34(44)47-33(27)43/h1-16,20,29-31,35,41H,17-19H2,(H,37,42)(H,38,39,40). The van der Waals surface area contributed by atoms with Crippen LogP contribution >= 0.6 is 11.8 Å². The molecule has 3 N–H and O–H groups in total. The zero-order valence-corrected chi connectivity index (χ0v) is 26.3. The van der Waals surface area contributed by atoms with Crippen LogP contribution in [-0.4, -0.2) is 50.0 Å². The number of thioether (sulfide) groups is 1. The first-order valence-electron chi connectivity index (χ1n) is 15.3. The highest BCUT2D eigenvalue weighted by molar-refractivity contribution is 7.99. The molecule has 7 rings (SSSR count). The highest BCUT2D eigenvalue weighted by Gasteiger charge is 2.42. The van der Waals surface area contributed by atoms with Gasteiger partial charge in [0.25, 0.3) is 5.91 Å². The number of aliphatic hydroxyl groups is 1. The number of aromatic nitrogens is 3. The second-order valence-electron chi connectivity index (χ2n) is 11.4. The van der Waals surface area contributed by atoms with Crippen molar-refractivity contribution in [3.8, 4) is 0 Å². The van der Waals surface area contributed by atoms with Crippen LogP contribution in [-0.2, 0) is 27.4 Å². The van der Waals surface area contributed by atoms with Gasteiger partial charge in [0.05, 0.1) is 29.9 Å². The maximum absolute atomic E-state index is 12.8. The zero-order chi connectivity index (χ0) is 33.0. The van der Waals surface area contributed by atoms with Crippen LogP contribution in [0.25, 0.3) is 0 Å². The average molecular weight is 663 g/mol. The smallest absolute Gasteiger partial charge is 0.346 e. The van der Waals surface area contributed by atoms with Gasteiger partial charge in [-0.3, -0.25) is 9.89 Å². The molecule has 1 amide bonds. The summed E-state index contributed by atoms with van der Waals surface area (Å²) < 4.78 is 18.1. The summed E-state index contributed by atoms with van der Waals surface area (Å²) in [7, 11) is 0. The molecule has 0 saturated carbocycles. The van der Waals surface area contributed by atoms with Crippen molar-refractivity contribution in [1.29, 1.82) is 0 Å². The number of carbonyl (C=O) groups excluding carboxylic acids is 3. The van der Waals surface area contributed by atoms with Crippen molar-refractivity contribution in [2.45, 2.75) is 42.7 Å². The maximum Gasteiger partial charge on any atom is 0.346 e. The molecule has 1 saturated heterocycles. The number of benzene rings is 4. The number of esters is 2. The molecule has 3 heterocycles. The molecule has 11 nitrogen and oxygen atoms in total. The van der Waals surface area contributed by atoms with Gasteiger partial charge in [-0.1, -0.05) is 90.6 Å². The molecule has 2 aliphatic rings. The summed E-state index contributed by atoms with van der Waals surface area (Å²) in [4.78, 5) is 40.8. The van der Waals surface area contributed by atoms with Gasteiger partial charge >= 0.3 is 11.9 Å². The number of rotatable bonds is 10. The van der Waals surface area contributed by atoms with E-state index in [1.807, 2.05) is 66.7 Å². The Morgan fingerprint density at radius 3 is 2.29 bits per heavy atom. The topological polar surface area (TPSA) is 153 Å². The lowest BCUT2D eigenvalue weighted by atomic mass is 9.84. The monoisotopic (exact) mass is 662 g/mol. The molecule has 242 valence electrons. The van der Waals surface area contributed by atoms with E-state index < -0.39 is 18.2 Å². The summed E-state index contributed by atoms with van der Waals surface area (Å²) in [5.41, 5.74) is 4.99. The van der Waals surface area contributed by atoms with Gasteiger partial charge < -0.3 is 24.6 Å². The number of hydrogen-bond donors (Lipinski definition) is 3. The van der Waals surface area contributed by atoms with Gasteiger partial charge in [0.1, 0.15) is 6.33 Å². The van der Waals surface area contributed by atoms with Gasteiger partial charge in [0.15, 0.2) is 11.4 Å².